The average molecular weight is 392 g/mol. The fourth-order valence-corrected chi connectivity index (χ4v) is 3.38. The van der Waals surface area contributed by atoms with Crippen LogP contribution in [0.1, 0.15) is 34.6 Å². The minimum atomic E-state index is -0.645. The molecule has 0 bridgehead atoms. The van der Waals surface area contributed by atoms with Gasteiger partial charge in [0.1, 0.15) is 6.54 Å². The molecule has 2 heterocycles. The molecule has 144 valence electrons. The molecular formula is C19H22ClN3O4. The summed E-state index contributed by atoms with van der Waals surface area (Å²) in [7, 11) is 0. The van der Waals surface area contributed by atoms with Crippen molar-refractivity contribution in [1.29, 1.82) is 0 Å². The smallest absolute Gasteiger partial charge is 0.262 e. The number of fused-ring (bicyclic) bond motifs is 1. The summed E-state index contributed by atoms with van der Waals surface area (Å²) in [6, 6.07) is 6.55. The highest BCUT2D eigenvalue weighted by Gasteiger charge is 2.38. The third-order valence-corrected chi connectivity index (χ3v) is 5.67. The Morgan fingerprint density at radius 1 is 0.963 bits per heavy atom. The van der Waals surface area contributed by atoms with E-state index in [9.17, 15) is 19.2 Å². The molecule has 0 aliphatic carbocycles. The van der Waals surface area contributed by atoms with Crippen molar-refractivity contribution in [3.63, 3.8) is 0 Å². The number of amides is 4. The molecule has 3 rings (SSSR count). The summed E-state index contributed by atoms with van der Waals surface area (Å²) < 4.78 is 0. The van der Waals surface area contributed by atoms with Crippen LogP contribution in [0.15, 0.2) is 24.3 Å². The number of carbonyl (C=O) groups excluding carboxylic acids is 4. The van der Waals surface area contributed by atoms with Gasteiger partial charge in [-0.15, -0.1) is 11.6 Å². The molecule has 0 aromatic heterocycles. The largest absolute Gasteiger partial charge is 0.339 e. The average Bonchev–Trinajstić information content (AvgIpc) is 2.92. The molecule has 1 aromatic carbocycles. The van der Waals surface area contributed by atoms with E-state index in [1.807, 2.05) is 0 Å². The van der Waals surface area contributed by atoms with Crippen LogP contribution < -0.4 is 0 Å². The lowest BCUT2D eigenvalue weighted by atomic mass is 9.94. The van der Waals surface area contributed by atoms with Gasteiger partial charge in [-0.1, -0.05) is 12.1 Å². The second-order valence-electron chi connectivity index (χ2n) is 7.43. The first kappa shape index (κ1) is 19.4. The highest BCUT2D eigenvalue weighted by atomic mass is 35.5. The van der Waals surface area contributed by atoms with E-state index in [1.165, 1.54) is 0 Å². The molecule has 7 nitrogen and oxygen atoms in total. The molecule has 0 saturated carbocycles. The van der Waals surface area contributed by atoms with Gasteiger partial charge in [-0.2, -0.15) is 0 Å². The van der Waals surface area contributed by atoms with Crippen LogP contribution in [0, 0.1) is 5.41 Å². The van der Waals surface area contributed by atoms with E-state index in [-0.39, 0.29) is 24.2 Å². The summed E-state index contributed by atoms with van der Waals surface area (Å²) in [6.07, 6.45) is 0. The number of piperazine rings is 1. The van der Waals surface area contributed by atoms with Crippen LogP contribution in [-0.4, -0.2) is 76.9 Å². The van der Waals surface area contributed by atoms with Gasteiger partial charge in [0.25, 0.3) is 11.8 Å². The minimum absolute atomic E-state index is 0.0371. The number of rotatable bonds is 4. The number of nitrogens with zero attached hydrogens (tertiary/aromatic N) is 3. The van der Waals surface area contributed by atoms with Crippen molar-refractivity contribution in [1.82, 2.24) is 14.7 Å². The third kappa shape index (κ3) is 3.56. The van der Waals surface area contributed by atoms with E-state index in [0.717, 1.165) is 4.90 Å². The molecule has 0 N–H and O–H groups in total. The van der Waals surface area contributed by atoms with Crippen molar-refractivity contribution >= 4 is 35.2 Å². The Balaban J connectivity index is 1.59. The Kier molecular flexibility index (Phi) is 5.24. The van der Waals surface area contributed by atoms with E-state index in [1.54, 1.807) is 47.9 Å². The summed E-state index contributed by atoms with van der Waals surface area (Å²) in [6.45, 7) is 4.86. The minimum Gasteiger partial charge on any atom is -0.339 e. The van der Waals surface area contributed by atoms with Gasteiger partial charge >= 0.3 is 0 Å². The van der Waals surface area contributed by atoms with Crippen LogP contribution in [0.2, 0.25) is 0 Å². The molecule has 4 amide bonds. The van der Waals surface area contributed by atoms with Gasteiger partial charge in [0.2, 0.25) is 11.8 Å². The van der Waals surface area contributed by atoms with Gasteiger partial charge in [0, 0.05) is 32.1 Å². The molecule has 0 radical (unpaired) electrons. The highest BCUT2D eigenvalue weighted by Crippen LogP contribution is 2.23. The van der Waals surface area contributed by atoms with E-state index < -0.39 is 17.2 Å². The lowest BCUT2D eigenvalue weighted by molar-refractivity contribution is -0.144. The lowest BCUT2D eigenvalue weighted by Gasteiger charge is -2.38. The zero-order chi connectivity index (χ0) is 19.8. The molecule has 2 aliphatic heterocycles. The summed E-state index contributed by atoms with van der Waals surface area (Å²) in [5.41, 5.74) is 0.0107. The normalized spacial score (nSPS) is 17.4. The van der Waals surface area contributed by atoms with Crippen LogP contribution in [0.5, 0.6) is 0 Å². The summed E-state index contributed by atoms with van der Waals surface area (Å²) in [5, 5.41) is 0. The number of hydrogen-bond acceptors (Lipinski definition) is 4. The SMILES string of the molecule is CC(C)(CCl)C(=O)N1CCN(C(=O)CN2C(=O)c3ccccc3C2=O)CC1. The van der Waals surface area contributed by atoms with Crippen molar-refractivity contribution in [2.75, 3.05) is 38.6 Å². The summed E-state index contributed by atoms with van der Waals surface area (Å²) in [4.78, 5) is 54.1. The second kappa shape index (κ2) is 7.31. The number of hydrogen-bond donors (Lipinski definition) is 0. The molecule has 1 saturated heterocycles. The molecular weight excluding hydrogens is 370 g/mol. The summed E-state index contributed by atoms with van der Waals surface area (Å²) in [5.74, 6) is -0.994. The predicted octanol–water partition coefficient (Wildman–Crippen LogP) is 1.22. The number of carbonyl (C=O) groups is 4. The van der Waals surface area contributed by atoms with Gasteiger partial charge in [0.15, 0.2) is 0 Å². The van der Waals surface area contributed by atoms with Crippen molar-refractivity contribution in [3.05, 3.63) is 35.4 Å². The quantitative estimate of drug-likeness (QED) is 0.571. The van der Waals surface area contributed by atoms with Crippen molar-refractivity contribution in [2.24, 2.45) is 5.41 Å². The Morgan fingerprint density at radius 2 is 1.44 bits per heavy atom. The maximum atomic E-state index is 12.6. The zero-order valence-electron chi connectivity index (χ0n) is 15.4. The number of benzene rings is 1. The topological polar surface area (TPSA) is 78.0 Å². The molecule has 0 unspecified atom stereocenters. The fourth-order valence-electron chi connectivity index (χ4n) is 3.26. The maximum Gasteiger partial charge on any atom is 0.262 e. The molecule has 0 spiro atoms. The molecule has 2 aliphatic rings. The van der Waals surface area contributed by atoms with Crippen LogP contribution in [0.3, 0.4) is 0 Å². The second-order valence-corrected chi connectivity index (χ2v) is 7.70. The van der Waals surface area contributed by atoms with E-state index in [2.05, 4.69) is 0 Å². The van der Waals surface area contributed by atoms with E-state index in [4.69, 9.17) is 11.6 Å². The third-order valence-electron chi connectivity index (χ3n) is 5.00. The van der Waals surface area contributed by atoms with Crippen LogP contribution >= 0.6 is 11.6 Å². The van der Waals surface area contributed by atoms with E-state index in [0.29, 0.717) is 37.3 Å². The van der Waals surface area contributed by atoms with E-state index >= 15 is 0 Å². The first-order valence-electron chi connectivity index (χ1n) is 8.84. The molecule has 1 aromatic rings. The Labute approximate surface area is 162 Å². The monoisotopic (exact) mass is 391 g/mol. The molecule has 8 heteroatoms. The van der Waals surface area contributed by atoms with Gasteiger partial charge in [-0.05, 0) is 26.0 Å². The van der Waals surface area contributed by atoms with Crippen molar-refractivity contribution in [2.45, 2.75) is 13.8 Å². The van der Waals surface area contributed by atoms with Crippen molar-refractivity contribution in [3.8, 4) is 0 Å². The van der Waals surface area contributed by atoms with Crippen LogP contribution in [-0.2, 0) is 9.59 Å². The van der Waals surface area contributed by atoms with Crippen molar-refractivity contribution < 1.29 is 19.2 Å². The maximum absolute atomic E-state index is 12.6. The Bertz CT molecular complexity index is 765. The molecule has 0 atom stereocenters. The number of imide groups is 1. The first-order valence-corrected chi connectivity index (χ1v) is 9.38. The molecule has 27 heavy (non-hydrogen) atoms. The molecule has 1 fully saturated rings. The van der Waals surface area contributed by atoms with Gasteiger partial charge in [0.05, 0.1) is 16.5 Å². The number of alkyl halides is 1. The van der Waals surface area contributed by atoms with Gasteiger partial charge < -0.3 is 9.80 Å². The Morgan fingerprint density at radius 3 is 1.93 bits per heavy atom. The van der Waals surface area contributed by atoms with Crippen LogP contribution in [0.4, 0.5) is 0 Å². The Hall–Kier alpha value is -2.41. The zero-order valence-corrected chi connectivity index (χ0v) is 16.2. The fraction of sp³-hybridized carbons (Fsp3) is 0.474. The summed E-state index contributed by atoms with van der Waals surface area (Å²) >= 11 is 5.87. The lowest BCUT2D eigenvalue weighted by Crippen LogP contribution is -2.55. The predicted molar refractivity (Wildman–Crippen MR) is 99.5 cm³/mol. The number of halogens is 1. The standard InChI is InChI=1S/C19H22ClN3O4/c1-19(2,12-20)18(27)22-9-7-21(8-10-22)15(24)11-23-16(25)13-5-3-4-6-14(13)17(23)26/h3-6H,7-12H2,1-2H3. The van der Waals surface area contributed by atoms with Gasteiger partial charge in [-0.3, -0.25) is 24.1 Å². The van der Waals surface area contributed by atoms with Gasteiger partial charge in [-0.25, -0.2) is 0 Å². The van der Waals surface area contributed by atoms with Crippen LogP contribution in [0.25, 0.3) is 0 Å². The highest BCUT2D eigenvalue weighted by molar-refractivity contribution is 6.22. The first-order chi connectivity index (χ1) is 12.8.